The maximum absolute atomic E-state index is 10.7. The van der Waals surface area contributed by atoms with Crippen LogP contribution in [0.3, 0.4) is 0 Å². The van der Waals surface area contributed by atoms with Crippen LogP contribution in [0.2, 0.25) is 0 Å². The summed E-state index contributed by atoms with van der Waals surface area (Å²) in [5.74, 6) is 0. The first kappa shape index (κ1) is 20.5. The van der Waals surface area contributed by atoms with Gasteiger partial charge < -0.3 is 9.97 Å². The lowest BCUT2D eigenvalue weighted by molar-refractivity contribution is 0.569. The standard InChI is InChI=1S/C25H19N3O2P2/c29-14-31-24-10-9-22(27-24)17-5-7-19-11-21(12-20(19)8-6-17)16-1-3-18(4-2-16)23-13-26-25(28-23)32-15-30/h1-15,27,31-32H,(H,26,28). The minimum atomic E-state index is 0.0467. The molecule has 0 amide bonds. The average Bonchev–Trinajstić information content (AvgIpc) is 3.53. The minimum Gasteiger partial charge on any atom is -0.355 e. The van der Waals surface area contributed by atoms with Gasteiger partial charge in [-0.1, -0.05) is 48.5 Å². The number of rotatable bonds is 7. The zero-order chi connectivity index (χ0) is 21.9. The highest BCUT2D eigenvalue weighted by Gasteiger charge is 2.10. The van der Waals surface area contributed by atoms with Gasteiger partial charge >= 0.3 is 0 Å². The average molecular weight is 455 g/mol. The second kappa shape index (κ2) is 9.00. The molecule has 0 spiro atoms. The van der Waals surface area contributed by atoms with Crippen molar-refractivity contribution in [3.8, 4) is 44.8 Å². The smallest absolute Gasteiger partial charge is 0.146 e. The van der Waals surface area contributed by atoms with Crippen LogP contribution in [0.15, 0.2) is 79.0 Å². The van der Waals surface area contributed by atoms with Crippen LogP contribution < -0.4 is 11.0 Å². The Hall–Kier alpha value is -3.39. The van der Waals surface area contributed by atoms with Gasteiger partial charge in [0.15, 0.2) is 0 Å². The summed E-state index contributed by atoms with van der Waals surface area (Å²) >= 11 is 0. The molecule has 156 valence electrons. The number of carbonyl (C=O) groups is 2. The van der Waals surface area contributed by atoms with Gasteiger partial charge in [0.1, 0.15) is 17.6 Å². The summed E-state index contributed by atoms with van der Waals surface area (Å²) in [4.78, 5) is 32.2. The van der Waals surface area contributed by atoms with Gasteiger partial charge in [-0.3, -0.25) is 9.59 Å². The number of H-pyrrole nitrogens is 2. The number of imidazole rings is 1. The first-order chi connectivity index (χ1) is 15.7. The Morgan fingerprint density at radius 3 is 1.84 bits per heavy atom. The molecule has 0 bridgehead atoms. The SMILES string of the molecule is O=CPc1ccc(-c2ccc3cc(-c4ccc(-c5cnc(PC=O)[nH]5)cc4)cc-3cc2)[nH]1. The molecule has 2 aliphatic carbocycles. The third-order valence-corrected chi connectivity index (χ3v) is 6.72. The van der Waals surface area contributed by atoms with Crippen LogP contribution in [-0.2, 0) is 9.59 Å². The normalized spacial score (nSPS) is 11.8. The lowest BCUT2D eigenvalue weighted by Gasteiger charge is -2.01. The van der Waals surface area contributed by atoms with Gasteiger partial charge in [0.2, 0.25) is 0 Å². The second-order valence-electron chi connectivity index (χ2n) is 7.31. The van der Waals surface area contributed by atoms with E-state index in [2.05, 4.69) is 75.6 Å². The third kappa shape index (κ3) is 4.18. The molecular formula is C25H19N3O2P2. The number of aromatic amines is 2. The molecule has 7 heteroatoms. The van der Waals surface area contributed by atoms with E-state index in [1.165, 1.54) is 16.7 Å². The topological polar surface area (TPSA) is 78.6 Å². The molecule has 2 heterocycles. The fraction of sp³-hybridized carbons (Fsp3) is 0. The van der Waals surface area contributed by atoms with Crippen LogP contribution in [-0.4, -0.2) is 27.0 Å². The quantitative estimate of drug-likeness (QED) is 0.273. The lowest BCUT2D eigenvalue weighted by Crippen LogP contribution is -1.97. The van der Waals surface area contributed by atoms with Gasteiger partial charge in [0.05, 0.1) is 11.9 Å². The second-order valence-corrected chi connectivity index (χ2v) is 9.37. The van der Waals surface area contributed by atoms with Crippen LogP contribution >= 0.6 is 17.2 Å². The predicted molar refractivity (Wildman–Crippen MR) is 135 cm³/mol. The molecule has 2 aliphatic rings. The van der Waals surface area contributed by atoms with E-state index in [1.54, 1.807) is 6.20 Å². The first-order valence-electron chi connectivity index (χ1n) is 10.0. The van der Waals surface area contributed by atoms with Gasteiger partial charge in [-0.2, -0.15) is 0 Å². The van der Waals surface area contributed by atoms with Gasteiger partial charge in [-0.15, -0.1) is 0 Å². The molecule has 3 aromatic rings. The summed E-state index contributed by atoms with van der Waals surface area (Å²) in [6.07, 6.45) is 1.77. The molecule has 5 nitrogen and oxygen atoms in total. The molecule has 5 rings (SSSR count). The first-order valence-corrected chi connectivity index (χ1v) is 12.2. The largest absolute Gasteiger partial charge is 0.355 e. The van der Waals surface area contributed by atoms with E-state index in [1.807, 2.05) is 12.1 Å². The van der Waals surface area contributed by atoms with Crippen molar-refractivity contribution >= 4 is 40.2 Å². The van der Waals surface area contributed by atoms with E-state index in [0.717, 1.165) is 45.6 Å². The van der Waals surface area contributed by atoms with Crippen molar-refractivity contribution in [3.05, 3.63) is 79.0 Å². The van der Waals surface area contributed by atoms with Crippen LogP contribution in [0.25, 0.3) is 44.8 Å². The third-order valence-electron chi connectivity index (χ3n) is 5.35. The van der Waals surface area contributed by atoms with E-state index in [4.69, 9.17) is 0 Å². The number of hydrogen-bond donors (Lipinski definition) is 2. The van der Waals surface area contributed by atoms with Crippen LogP contribution in [0.4, 0.5) is 0 Å². The number of carbonyl (C=O) groups excluding carboxylic acids is 2. The summed E-state index contributed by atoms with van der Waals surface area (Å²) < 4.78 is 0. The Kier molecular flexibility index (Phi) is 5.77. The molecule has 1 aromatic carbocycles. The fourth-order valence-corrected chi connectivity index (χ4v) is 4.71. The maximum Gasteiger partial charge on any atom is 0.146 e. The van der Waals surface area contributed by atoms with E-state index in [0.29, 0.717) is 5.57 Å². The molecule has 0 radical (unpaired) electrons. The van der Waals surface area contributed by atoms with Crippen molar-refractivity contribution in [2.45, 2.75) is 0 Å². The highest BCUT2D eigenvalue weighted by Crippen LogP contribution is 2.34. The zero-order valence-electron chi connectivity index (χ0n) is 16.9. The van der Waals surface area contributed by atoms with Crippen molar-refractivity contribution < 1.29 is 9.59 Å². The number of benzene rings is 1. The molecule has 32 heavy (non-hydrogen) atoms. The molecular weight excluding hydrogens is 436 g/mol. The van der Waals surface area contributed by atoms with Gasteiger partial charge in [0, 0.05) is 19.7 Å². The number of nitrogens with zero attached hydrogens (tertiary/aromatic N) is 1. The summed E-state index contributed by atoms with van der Waals surface area (Å²) in [6.45, 7) is 0. The molecule has 0 fully saturated rings. The Balaban J connectivity index is 1.40. The molecule has 2 N–H and O–H groups in total. The highest BCUT2D eigenvalue weighted by atomic mass is 31.1. The van der Waals surface area contributed by atoms with Crippen LogP contribution in [0.1, 0.15) is 0 Å². The maximum atomic E-state index is 10.7. The van der Waals surface area contributed by atoms with Gasteiger partial charge in [0.25, 0.3) is 0 Å². The Morgan fingerprint density at radius 2 is 1.19 bits per heavy atom. The fourth-order valence-electron chi connectivity index (χ4n) is 3.74. The zero-order valence-corrected chi connectivity index (χ0v) is 18.9. The molecule has 0 aliphatic heterocycles. The Bertz CT molecular complexity index is 1340. The van der Waals surface area contributed by atoms with E-state index >= 15 is 0 Å². The minimum absolute atomic E-state index is 0.0467. The Morgan fingerprint density at radius 1 is 0.594 bits per heavy atom. The number of nitrogens with one attached hydrogen (secondary N) is 2. The molecule has 2 aromatic heterocycles. The molecule has 0 saturated heterocycles. The number of hydrogen-bond acceptors (Lipinski definition) is 3. The lowest BCUT2D eigenvalue weighted by atomic mass is 10.1. The van der Waals surface area contributed by atoms with Crippen molar-refractivity contribution in [2.75, 3.05) is 0 Å². The molecule has 2 atom stereocenters. The summed E-state index contributed by atoms with van der Waals surface area (Å²) in [5.41, 5.74) is 10.4. The van der Waals surface area contributed by atoms with E-state index in [9.17, 15) is 9.59 Å². The van der Waals surface area contributed by atoms with Crippen molar-refractivity contribution in [3.63, 3.8) is 0 Å². The summed E-state index contributed by atoms with van der Waals surface area (Å²) in [6, 6.07) is 27.0. The molecule has 0 saturated carbocycles. The Labute approximate surface area is 188 Å². The summed E-state index contributed by atoms with van der Waals surface area (Å²) in [5, 5.41) is 0. The van der Waals surface area contributed by atoms with Crippen molar-refractivity contribution in [1.82, 2.24) is 15.0 Å². The van der Waals surface area contributed by atoms with E-state index in [-0.39, 0.29) is 17.2 Å². The van der Waals surface area contributed by atoms with Gasteiger partial charge in [-0.25, -0.2) is 4.98 Å². The molecule has 2 unspecified atom stereocenters. The number of fused-ring (bicyclic) bond motifs is 1. The van der Waals surface area contributed by atoms with Crippen LogP contribution in [0.5, 0.6) is 0 Å². The predicted octanol–water partition coefficient (Wildman–Crippen LogP) is 4.83. The van der Waals surface area contributed by atoms with E-state index < -0.39 is 0 Å². The van der Waals surface area contributed by atoms with Crippen LogP contribution in [0, 0.1) is 0 Å². The summed E-state index contributed by atoms with van der Waals surface area (Å²) in [7, 11) is 0.197. The van der Waals surface area contributed by atoms with Gasteiger partial charge in [-0.05, 0) is 66.2 Å². The van der Waals surface area contributed by atoms with Crippen molar-refractivity contribution in [2.24, 2.45) is 0 Å². The monoisotopic (exact) mass is 455 g/mol. The van der Waals surface area contributed by atoms with Crippen molar-refractivity contribution in [1.29, 1.82) is 0 Å². The highest BCUT2D eigenvalue weighted by molar-refractivity contribution is 7.62. The number of aromatic nitrogens is 3.